The fourth-order valence-corrected chi connectivity index (χ4v) is 3.42. The normalized spacial score (nSPS) is 10.6. The minimum atomic E-state index is 0.0527. The van der Waals surface area contributed by atoms with Gasteiger partial charge in [0.1, 0.15) is 0 Å². The van der Waals surface area contributed by atoms with Crippen LogP contribution in [-0.2, 0) is 17.6 Å². The van der Waals surface area contributed by atoms with Gasteiger partial charge in [0.15, 0.2) is 0 Å². The average Bonchev–Trinajstić information content (AvgIpc) is 3.04. The topological polar surface area (TPSA) is 42.0 Å². The Kier molecular flexibility index (Phi) is 6.00. The first-order valence-corrected chi connectivity index (χ1v) is 9.80. The second kappa shape index (κ2) is 8.41. The van der Waals surface area contributed by atoms with Crippen molar-refractivity contribution < 1.29 is 4.79 Å². The van der Waals surface area contributed by atoms with Crippen LogP contribution in [0, 0.1) is 6.92 Å². The molecule has 2 aromatic carbocycles. The van der Waals surface area contributed by atoms with Crippen LogP contribution in [0.4, 0.5) is 0 Å². The molecule has 1 aromatic heterocycles. The van der Waals surface area contributed by atoms with Crippen molar-refractivity contribution in [2.45, 2.75) is 19.8 Å². The molecule has 0 bridgehead atoms. The zero-order chi connectivity index (χ0) is 17.6. The lowest BCUT2D eigenvalue weighted by Gasteiger charge is -2.06. The molecule has 0 unspecified atom stereocenters. The van der Waals surface area contributed by atoms with Gasteiger partial charge in [-0.1, -0.05) is 52.3 Å². The number of thiazole rings is 1. The molecule has 0 fully saturated rings. The van der Waals surface area contributed by atoms with Crippen molar-refractivity contribution in [3.8, 4) is 11.3 Å². The van der Waals surface area contributed by atoms with E-state index in [0.29, 0.717) is 13.0 Å². The summed E-state index contributed by atoms with van der Waals surface area (Å²) in [5, 5.41) is 6.14. The summed E-state index contributed by atoms with van der Waals surface area (Å²) < 4.78 is 1.02. The van der Waals surface area contributed by atoms with E-state index in [2.05, 4.69) is 55.9 Å². The summed E-state index contributed by atoms with van der Waals surface area (Å²) in [5.74, 6) is 0.0527. The van der Waals surface area contributed by atoms with E-state index in [1.807, 2.05) is 31.2 Å². The van der Waals surface area contributed by atoms with E-state index in [9.17, 15) is 4.79 Å². The van der Waals surface area contributed by atoms with Crippen LogP contribution in [-0.4, -0.2) is 17.4 Å². The number of hydrogen-bond donors (Lipinski definition) is 1. The van der Waals surface area contributed by atoms with Crippen LogP contribution in [0.2, 0.25) is 0 Å². The quantitative estimate of drug-likeness (QED) is 0.630. The highest BCUT2D eigenvalue weighted by Crippen LogP contribution is 2.21. The second-order valence-corrected chi connectivity index (χ2v) is 7.83. The van der Waals surface area contributed by atoms with Gasteiger partial charge in [0.25, 0.3) is 0 Å². The number of nitrogens with one attached hydrogen (secondary N) is 1. The van der Waals surface area contributed by atoms with Crippen molar-refractivity contribution in [1.82, 2.24) is 10.3 Å². The molecule has 0 radical (unpaired) electrons. The Labute approximate surface area is 160 Å². The molecule has 5 heteroatoms. The Balaban J connectivity index is 1.47. The van der Waals surface area contributed by atoms with E-state index in [1.165, 1.54) is 5.56 Å². The van der Waals surface area contributed by atoms with Crippen molar-refractivity contribution in [3.63, 3.8) is 0 Å². The number of carbonyl (C=O) groups is 1. The summed E-state index contributed by atoms with van der Waals surface area (Å²) in [7, 11) is 0. The first-order valence-electron chi connectivity index (χ1n) is 8.13. The maximum Gasteiger partial charge on any atom is 0.224 e. The molecule has 3 nitrogen and oxygen atoms in total. The molecule has 3 aromatic rings. The summed E-state index contributed by atoms with van der Waals surface area (Å²) in [6, 6.07) is 16.2. The van der Waals surface area contributed by atoms with Gasteiger partial charge < -0.3 is 5.32 Å². The van der Waals surface area contributed by atoms with Gasteiger partial charge in [-0.2, -0.15) is 0 Å². The lowest BCUT2D eigenvalue weighted by atomic mass is 10.1. The molecule has 0 saturated carbocycles. The monoisotopic (exact) mass is 414 g/mol. The molecule has 1 amide bonds. The maximum absolute atomic E-state index is 12.0. The Morgan fingerprint density at radius 1 is 1.08 bits per heavy atom. The van der Waals surface area contributed by atoms with Crippen LogP contribution >= 0.6 is 27.3 Å². The third-order valence-corrected chi connectivity index (χ3v) is 5.18. The third-order valence-electron chi connectivity index (χ3n) is 3.88. The van der Waals surface area contributed by atoms with Crippen LogP contribution in [0.3, 0.4) is 0 Å². The smallest absolute Gasteiger partial charge is 0.224 e. The molecule has 0 saturated heterocycles. The molecule has 3 rings (SSSR count). The van der Waals surface area contributed by atoms with E-state index in [-0.39, 0.29) is 5.91 Å². The van der Waals surface area contributed by atoms with E-state index < -0.39 is 0 Å². The van der Waals surface area contributed by atoms with Gasteiger partial charge in [-0.3, -0.25) is 4.79 Å². The van der Waals surface area contributed by atoms with Crippen molar-refractivity contribution >= 4 is 33.2 Å². The molecule has 0 atom stereocenters. The summed E-state index contributed by atoms with van der Waals surface area (Å²) in [6.07, 6.45) is 1.23. The molecule has 1 N–H and O–H groups in total. The fraction of sp³-hybridized carbons (Fsp3) is 0.200. The van der Waals surface area contributed by atoms with Crippen molar-refractivity contribution in [2.24, 2.45) is 0 Å². The Morgan fingerprint density at radius 2 is 1.76 bits per heavy atom. The second-order valence-electron chi connectivity index (χ2n) is 5.85. The van der Waals surface area contributed by atoms with Gasteiger partial charge in [-0.25, -0.2) is 4.98 Å². The molecular formula is C20H19BrN2OS. The van der Waals surface area contributed by atoms with Gasteiger partial charge in [0.05, 0.1) is 17.1 Å². The predicted molar refractivity (Wildman–Crippen MR) is 107 cm³/mol. The predicted octanol–water partition coefficient (Wildman–Crippen LogP) is 4.78. The zero-order valence-electron chi connectivity index (χ0n) is 14.0. The van der Waals surface area contributed by atoms with Crippen LogP contribution in [0.5, 0.6) is 0 Å². The standard InChI is InChI=1S/C20H19BrN2OS/c1-14-23-19(13-25-14)17-6-2-15(3-7-17)10-11-22-20(24)12-16-4-8-18(21)9-5-16/h2-9,13H,10-12H2,1H3,(H,22,24). The maximum atomic E-state index is 12.0. The molecule has 0 aliphatic rings. The SMILES string of the molecule is Cc1nc(-c2ccc(CCNC(=O)Cc3ccc(Br)cc3)cc2)cs1. The number of aromatic nitrogens is 1. The van der Waals surface area contributed by atoms with Crippen molar-refractivity contribution in [2.75, 3.05) is 6.54 Å². The van der Waals surface area contributed by atoms with Crippen molar-refractivity contribution in [3.05, 3.63) is 74.5 Å². The fourth-order valence-electron chi connectivity index (χ4n) is 2.53. The Morgan fingerprint density at radius 3 is 2.40 bits per heavy atom. The summed E-state index contributed by atoms with van der Waals surface area (Å²) >= 11 is 5.06. The van der Waals surface area contributed by atoms with Crippen LogP contribution < -0.4 is 5.32 Å². The number of aryl methyl sites for hydroxylation is 1. The lowest BCUT2D eigenvalue weighted by molar-refractivity contribution is -0.120. The number of amides is 1. The van der Waals surface area contributed by atoms with E-state index >= 15 is 0 Å². The number of halogens is 1. The van der Waals surface area contributed by atoms with E-state index in [1.54, 1.807) is 11.3 Å². The highest BCUT2D eigenvalue weighted by molar-refractivity contribution is 9.10. The lowest BCUT2D eigenvalue weighted by Crippen LogP contribution is -2.27. The highest BCUT2D eigenvalue weighted by atomic mass is 79.9. The van der Waals surface area contributed by atoms with Gasteiger partial charge in [0.2, 0.25) is 5.91 Å². The number of carbonyl (C=O) groups excluding carboxylic acids is 1. The average molecular weight is 415 g/mol. The first-order chi connectivity index (χ1) is 12.1. The first kappa shape index (κ1) is 17.8. The van der Waals surface area contributed by atoms with E-state index in [0.717, 1.165) is 32.7 Å². The van der Waals surface area contributed by atoms with Gasteiger partial charge >= 0.3 is 0 Å². The Hall–Kier alpha value is -1.98. The molecular weight excluding hydrogens is 396 g/mol. The number of benzene rings is 2. The van der Waals surface area contributed by atoms with Crippen LogP contribution in [0.1, 0.15) is 16.1 Å². The molecule has 1 heterocycles. The summed E-state index contributed by atoms with van der Waals surface area (Å²) in [5.41, 5.74) is 4.38. The number of nitrogens with zero attached hydrogens (tertiary/aromatic N) is 1. The molecule has 0 aliphatic heterocycles. The minimum Gasteiger partial charge on any atom is -0.355 e. The molecule has 0 spiro atoms. The van der Waals surface area contributed by atoms with Gasteiger partial charge in [-0.05, 0) is 36.6 Å². The van der Waals surface area contributed by atoms with Gasteiger partial charge in [-0.15, -0.1) is 11.3 Å². The van der Waals surface area contributed by atoms with Gasteiger partial charge in [0, 0.05) is 22.0 Å². The zero-order valence-corrected chi connectivity index (χ0v) is 16.4. The van der Waals surface area contributed by atoms with Crippen LogP contribution in [0.25, 0.3) is 11.3 Å². The van der Waals surface area contributed by atoms with Crippen molar-refractivity contribution in [1.29, 1.82) is 0 Å². The minimum absolute atomic E-state index is 0.0527. The molecule has 0 aliphatic carbocycles. The summed E-state index contributed by atoms with van der Waals surface area (Å²) in [4.78, 5) is 16.5. The molecule has 25 heavy (non-hydrogen) atoms. The van der Waals surface area contributed by atoms with Crippen LogP contribution in [0.15, 0.2) is 58.4 Å². The number of hydrogen-bond acceptors (Lipinski definition) is 3. The Bertz CT molecular complexity index is 841. The number of rotatable bonds is 6. The largest absolute Gasteiger partial charge is 0.355 e. The van der Waals surface area contributed by atoms with E-state index in [4.69, 9.17) is 0 Å². The molecule has 128 valence electrons. The highest BCUT2D eigenvalue weighted by Gasteiger charge is 2.04. The summed E-state index contributed by atoms with van der Waals surface area (Å²) in [6.45, 7) is 2.66. The third kappa shape index (κ3) is 5.25.